The molecule has 0 spiro atoms. The second-order valence-corrected chi connectivity index (χ2v) is 7.72. The van der Waals surface area contributed by atoms with E-state index in [1.807, 2.05) is 49.3 Å². The second kappa shape index (κ2) is 8.49. The van der Waals surface area contributed by atoms with E-state index in [1.165, 1.54) is 0 Å². The van der Waals surface area contributed by atoms with Crippen LogP contribution in [0.1, 0.15) is 36.0 Å². The third kappa shape index (κ3) is 4.94. The van der Waals surface area contributed by atoms with E-state index in [2.05, 4.69) is 36.5 Å². The van der Waals surface area contributed by atoms with Crippen LogP contribution in [0.2, 0.25) is 0 Å². The van der Waals surface area contributed by atoms with Crippen LogP contribution < -0.4 is 15.5 Å². The van der Waals surface area contributed by atoms with E-state index in [0.717, 1.165) is 36.0 Å². The summed E-state index contributed by atoms with van der Waals surface area (Å²) in [6, 6.07) is 9.89. The van der Waals surface area contributed by atoms with Gasteiger partial charge in [0.25, 0.3) is 5.91 Å². The highest BCUT2D eigenvalue weighted by atomic mass is 79.9. The van der Waals surface area contributed by atoms with Gasteiger partial charge in [0, 0.05) is 42.4 Å². The fourth-order valence-corrected chi connectivity index (χ4v) is 3.37. The number of carbonyl (C=O) groups excluding carboxylic acids is 1. The molecule has 2 aromatic rings. The highest BCUT2D eigenvalue weighted by molar-refractivity contribution is 9.10. The summed E-state index contributed by atoms with van der Waals surface area (Å²) in [6.07, 6.45) is 5.65. The van der Waals surface area contributed by atoms with Gasteiger partial charge < -0.3 is 15.5 Å². The van der Waals surface area contributed by atoms with E-state index in [9.17, 15) is 4.79 Å². The molecule has 0 atom stereocenters. The number of rotatable bonds is 5. The van der Waals surface area contributed by atoms with Crippen LogP contribution in [-0.2, 0) is 0 Å². The molecule has 6 nitrogen and oxygen atoms in total. The molecule has 1 heterocycles. The Balaban J connectivity index is 1.49. The molecule has 1 saturated carbocycles. The van der Waals surface area contributed by atoms with Crippen LogP contribution in [-0.4, -0.2) is 42.1 Å². The Morgan fingerprint density at radius 3 is 2.38 bits per heavy atom. The van der Waals surface area contributed by atoms with E-state index in [0.29, 0.717) is 17.6 Å². The van der Waals surface area contributed by atoms with Gasteiger partial charge in [-0.2, -0.15) is 4.98 Å². The van der Waals surface area contributed by atoms with Crippen molar-refractivity contribution in [1.82, 2.24) is 15.3 Å². The molecule has 1 fully saturated rings. The molecule has 1 aliphatic rings. The van der Waals surface area contributed by atoms with E-state index < -0.39 is 0 Å². The highest BCUT2D eigenvalue weighted by Crippen LogP contribution is 2.22. The number of halogens is 1. The van der Waals surface area contributed by atoms with Gasteiger partial charge in [0.15, 0.2) is 0 Å². The van der Waals surface area contributed by atoms with Crippen molar-refractivity contribution in [2.75, 3.05) is 24.3 Å². The van der Waals surface area contributed by atoms with Crippen molar-refractivity contribution in [2.24, 2.45) is 0 Å². The minimum atomic E-state index is -0.00377. The first-order valence-electron chi connectivity index (χ1n) is 8.84. The lowest BCUT2D eigenvalue weighted by atomic mass is 9.91. The summed E-state index contributed by atoms with van der Waals surface area (Å²) in [5, 5.41) is 6.56. The monoisotopic (exact) mass is 417 g/mol. The van der Waals surface area contributed by atoms with Crippen molar-refractivity contribution in [1.29, 1.82) is 0 Å². The number of nitrogens with one attached hydrogen (secondary N) is 2. The van der Waals surface area contributed by atoms with Gasteiger partial charge in [0.05, 0.1) is 0 Å². The summed E-state index contributed by atoms with van der Waals surface area (Å²) in [6.45, 7) is 0. The third-order valence-corrected chi connectivity index (χ3v) is 5.13. The Labute approximate surface area is 162 Å². The zero-order chi connectivity index (χ0) is 18.5. The maximum Gasteiger partial charge on any atom is 0.251 e. The minimum absolute atomic E-state index is 0.00377. The molecule has 138 valence electrons. The highest BCUT2D eigenvalue weighted by Gasteiger charge is 2.23. The van der Waals surface area contributed by atoms with Crippen LogP contribution >= 0.6 is 15.9 Å². The Morgan fingerprint density at radius 1 is 1.08 bits per heavy atom. The Bertz CT molecular complexity index is 742. The van der Waals surface area contributed by atoms with Crippen molar-refractivity contribution in [3.05, 3.63) is 46.6 Å². The first-order chi connectivity index (χ1) is 12.5. The van der Waals surface area contributed by atoms with Crippen molar-refractivity contribution in [3.63, 3.8) is 0 Å². The Morgan fingerprint density at radius 2 is 1.73 bits per heavy atom. The lowest BCUT2D eigenvalue weighted by Crippen LogP contribution is -2.40. The molecule has 0 aliphatic heterocycles. The zero-order valence-electron chi connectivity index (χ0n) is 15.1. The molecule has 0 saturated heterocycles. The predicted octanol–water partition coefficient (Wildman–Crippen LogP) is 3.46. The first-order valence-corrected chi connectivity index (χ1v) is 9.64. The zero-order valence-corrected chi connectivity index (χ0v) is 16.7. The standard InChI is InChI=1S/C19H24BrN5O/c1-25(2)17-11-12-21-19(24-17)23-16-9-7-15(8-10-16)22-18(26)13-3-5-14(20)6-4-13/h3-6,11-12,15-16H,7-10H2,1-2H3,(H,22,26)(H,21,23,24)/t15-,16+. The number of hydrogen-bond acceptors (Lipinski definition) is 5. The fraction of sp³-hybridized carbons (Fsp3) is 0.421. The van der Waals surface area contributed by atoms with Gasteiger partial charge in [-0.05, 0) is 56.0 Å². The maximum absolute atomic E-state index is 12.3. The molecule has 3 rings (SSSR count). The number of nitrogens with zero attached hydrogens (tertiary/aromatic N) is 3. The molecular formula is C19H24BrN5O. The van der Waals surface area contributed by atoms with E-state index >= 15 is 0 Å². The topological polar surface area (TPSA) is 70.2 Å². The summed E-state index contributed by atoms with van der Waals surface area (Å²) in [7, 11) is 3.93. The molecule has 1 aromatic carbocycles. The predicted molar refractivity (Wildman–Crippen MR) is 108 cm³/mol. The molecular weight excluding hydrogens is 394 g/mol. The van der Waals surface area contributed by atoms with Crippen LogP contribution in [0.25, 0.3) is 0 Å². The quantitative estimate of drug-likeness (QED) is 0.779. The van der Waals surface area contributed by atoms with Gasteiger partial charge in [0.2, 0.25) is 5.95 Å². The molecule has 26 heavy (non-hydrogen) atoms. The summed E-state index contributed by atoms with van der Waals surface area (Å²) in [5.74, 6) is 1.55. The molecule has 1 amide bonds. The average Bonchev–Trinajstić information content (AvgIpc) is 2.64. The van der Waals surface area contributed by atoms with Crippen LogP contribution in [0.4, 0.5) is 11.8 Å². The van der Waals surface area contributed by atoms with Crippen LogP contribution in [0, 0.1) is 0 Å². The van der Waals surface area contributed by atoms with Gasteiger partial charge in [-0.1, -0.05) is 15.9 Å². The molecule has 1 aromatic heterocycles. The summed E-state index contributed by atoms with van der Waals surface area (Å²) >= 11 is 3.39. The lowest BCUT2D eigenvalue weighted by Gasteiger charge is -2.29. The summed E-state index contributed by atoms with van der Waals surface area (Å²) in [4.78, 5) is 23.1. The largest absolute Gasteiger partial charge is 0.363 e. The van der Waals surface area contributed by atoms with Crippen molar-refractivity contribution >= 4 is 33.6 Å². The SMILES string of the molecule is CN(C)c1ccnc(N[C@H]2CC[C@@H](NC(=O)c3ccc(Br)cc3)CC2)n1. The van der Waals surface area contributed by atoms with E-state index in [-0.39, 0.29) is 11.9 Å². The number of hydrogen-bond donors (Lipinski definition) is 2. The van der Waals surface area contributed by atoms with Crippen molar-refractivity contribution in [3.8, 4) is 0 Å². The third-order valence-electron chi connectivity index (χ3n) is 4.60. The molecule has 2 N–H and O–H groups in total. The molecule has 0 radical (unpaired) electrons. The van der Waals surface area contributed by atoms with Gasteiger partial charge in [0.1, 0.15) is 5.82 Å². The number of aromatic nitrogens is 2. The molecule has 0 unspecified atom stereocenters. The van der Waals surface area contributed by atoms with Gasteiger partial charge in [-0.15, -0.1) is 0 Å². The Hall–Kier alpha value is -2.15. The normalized spacial score (nSPS) is 19.7. The van der Waals surface area contributed by atoms with Gasteiger partial charge in [-0.3, -0.25) is 4.79 Å². The minimum Gasteiger partial charge on any atom is -0.363 e. The van der Waals surface area contributed by atoms with E-state index in [1.54, 1.807) is 6.20 Å². The number of amides is 1. The number of benzene rings is 1. The van der Waals surface area contributed by atoms with Gasteiger partial charge >= 0.3 is 0 Å². The van der Waals surface area contributed by atoms with E-state index in [4.69, 9.17) is 0 Å². The van der Waals surface area contributed by atoms with Crippen LogP contribution in [0.3, 0.4) is 0 Å². The second-order valence-electron chi connectivity index (χ2n) is 6.81. The average molecular weight is 418 g/mol. The molecule has 7 heteroatoms. The smallest absolute Gasteiger partial charge is 0.251 e. The van der Waals surface area contributed by atoms with Crippen molar-refractivity contribution < 1.29 is 4.79 Å². The summed E-state index contributed by atoms with van der Waals surface area (Å²) < 4.78 is 0.973. The molecule has 0 bridgehead atoms. The number of carbonyl (C=O) groups is 1. The van der Waals surface area contributed by atoms with Crippen LogP contribution in [0.15, 0.2) is 41.0 Å². The molecule has 1 aliphatic carbocycles. The number of anilines is 2. The Kier molecular flexibility index (Phi) is 6.08. The van der Waals surface area contributed by atoms with Crippen molar-refractivity contribution in [2.45, 2.75) is 37.8 Å². The maximum atomic E-state index is 12.3. The van der Waals surface area contributed by atoms with Crippen LogP contribution in [0.5, 0.6) is 0 Å². The first kappa shape index (κ1) is 18.6. The fourth-order valence-electron chi connectivity index (χ4n) is 3.10. The summed E-state index contributed by atoms with van der Waals surface area (Å²) in [5.41, 5.74) is 0.697. The lowest BCUT2D eigenvalue weighted by molar-refractivity contribution is 0.0926. The van der Waals surface area contributed by atoms with Gasteiger partial charge in [-0.25, -0.2) is 4.98 Å².